The van der Waals surface area contributed by atoms with Gasteiger partial charge in [-0.1, -0.05) is 25.5 Å². The molecule has 28 heavy (non-hydrogen) atoms. The molecule has 2 aliphatic rings. The Hall–Kier alpha value is -2.11. The van der Waals surface area contributed by atoms with E-state index in [0.717, 1.165) is 31.4 Å². The maximum Gasteiger partial charge on any atom is 0.317 e. The van der Waals surface area contributed by atoms with Crippen molar-refractivity contribution in [3.63, 3.8) is 0 Å². The largest absolute Gasteiger partial charge is 0.356 e. The van der Waals surface area contributed by atoms with Crippen LogP contribution in [-0.2, 0) is 4.79 Å². The number of piperidine rings is 1. The lowest BCUT2D eigenvalue weighted by Crippen LogP contribution is -2.50. The van der Waals surface area contributed by atoms with Crippen LogP contribution >= 0.6 is 0 Å². The minimum atomic E-state index is -0.240. The zero-order valence-electron chi connectivity index (χ0n) is 17.0. The van der Waals surface area contributed by atoms with Crippen LogP contribution in [-0.4, -0.2) is 36.5 Å². The molecule has 1 saturated carbocycles. The molecule has 5 nitrogen and oxygen atoms in total. The number of urea groups is 1. The van der Waals surface area contributed by atoms with Crippen molar-refractivity contribution in [2.75, 3.05) is 19.6 Å². The summed E-state index contributed by atoms with van der Waals surface area (Å²) in [6, 6.07) is 4.77. The van der Waals surface area contributed by atoms with Crippen molar-refractivity contribution in [3.05, 3.63) is 35.1 Å². The Balaban J connectivity index is 1.71. The number of halogens is 1. The van der Waals surface area contributed by atoms with E-state index in [0.29, 0.717) is 31.0 Å². The molecule has 0 aromatic heterocycles. The molecule has 0 radical (unpaired) electrons. The number of hydrogen-bond donors (Lipinski definition) is 2. The fourth-order valence-electron chi connectivity index (χ4n) is 3.82. The van der Waals surface area contributed by atoms with Gasteiger partial charge in [-0.25, -0.2) is 9.18 Å². The topological polar surface area (TPSA) is 61.4 Å². The molecule has 154 valence electrons. The maximum atomic E-state index is 13.7. The average Bonchev–Trinajstić information content (AvgIpc) is 3.52. The van der Waals surface area contributed by atoms with Crippen molar-refractivity contribution in [3.8, 4) is 0 Å². The minimum Gasteiger partial charge on any atom is -0.356 e. The van der Waals surface area contributed by atoms with Gasteiger partial charge in [0.2, 0.25) is 5.91 Å². The Kier molecular flexibility index (Phi) is 6.92. The lowest BCUT2D eigenvalue weighted by Gasteiger charge is -2.39. The van der Waals surface area contributed by atoms with Gasteiger partial charge in [0, 0.05) is 19.6 Å². The van der Waals surface area contributed by atoms with Gasteiger partial charge >= 0.3 is 6.03 Å². The van der Waals surface area contributed by atoms with E-state index in [1.54, 1.807) is 17.9 Å². The first kappa shape index (κ1) is 20.6. The van der Waals surface area contributed by atoms with Crippen LogP contribution in [0.3, 0.4) is 0 Å². The van der Waals surface area contributed by atoms with Crippen LogP contribution < -0.4 is 10.6 Å². The van der Waals surface area contributed by atoms with Gasteiger partial charge in [-0.05, 0) is 62.1 Å². The summed E-state index contributed by atoms with van der Waals surface area (Å²) < 4.78 is 13.7. The molecule has 1 saturated heterocycles. The molecule has 1 heterocycles. The Morgan fingerprint density at radius 3 is 2.64 bits per heavy atom. The van der Waals surface area contributed by atoms with Gasteiger partial charge in [-0.2, -0.15) is 0 Å². The monoisotopic (exact) mass is 389 g/mol. The first-order valence-electron chi connectivity index (χ1n) is 10.6. The summed E-state index contributed by atoms with van der Waals surface area (Å²) in [5, 5.41) is 6.03. The number of hydrogen-bond acceptors (Lipinski definition) is 2. The Morgan fingerprint density at radius 2 is 1.96 bits per heavy atom. The summed E-state index contributed by atoms with van der Waals surface area (Å²) in [7, 11) is 0. The fraction of sp³-hybridized carbons (Fsp3) is 0.636. The standard InChI is InChI=1S/C22H32FN3O2/c1-3-4-11-24-22(28)26-14-18(21(27)25-13-16-5-6-16)8-10-20(26)17-7-9-19(23)15(2)12-17/h7,9,12,16,18,20H,3-6,8,10-11,13-14H2,1-2H3,(H,24,28)(H,25,27)/t18-,20+/m1/s1. The van der Waals surface area contributed by atoms with Crippen molar-refractivity contribution >= 4 is 11.9 Å². The van der Waals surface area contributed by atoms with E-state index < -0.39 is 0 Å². The van der Waals surface area contributed by atoms with E-state index in [1.807, 2.05) is 6.07 Å². The SMILES string of the molecule is CCCCNC(=O)N1C[C@H](C(=O)NCC2CC2)CC[C@H]1c1ccc(F)c(C)c1. The van der Waals surface area contributed by atoms with Crippen LogP contribution in [0.5, 0.6) is 0 Å². The summed E-state index contributed by atoms with van der Waals surface area (Å²) in [5.41, 5.74) is 1.51. The van der Waals surface area contributed by atoms with E-state index in [-0.39, 0.29) is 29.7 Å². The molecule has 2 atom stereocenters. The molecule has 2 N–H and O–H groups in total. The summed E-state index contributed by atoms with van der Waals surface area (Å²) in [5.74, 6) is 0.257. The van der Waals surface area contributed by atoms with Crippen molar-refractivity contribution in [2.45, 2.75) is 58.4 Å². The number of carbonyl (C=O) groups is 2. The highest BCUT2D eigenvalue weighted by molar-refractivity contribution is 5.81. The molecule has 6 heteroatoms. The van der Waals surface area contributed by atoms with Crippen LogP contribution in [0.4, 0.5) is 9.18 Å². The number of likely N-dealkylation sites (tertiary alicyclic amines) is 1. The molecule has 3 amide bonds. The highest BCUT2D eigenvalue weighted by atomic mass is 19.1. The normalized spacial score (nSPS) is 22.0. The predicted octanol–water partition coefficient (Wildman–Crippen LogP) is 3.92. The van der Waals surface area contributed by atoms with Gasteiger partial charge in [0.1, 0.15) is 5.82 Å². The summed E-state index contributed by atoms with van der Waals surface area (Å²) in [6.45, 7) is 5.59. The molecular formula is C22H32FN3O2. The van der Waals surface area contributed by atoms with Crippen molar-refractivity contribution < 1.29 is 14.0 Å². The number of carbonyl (C=O) groups excluding carboxylic acids is 2. The summed E-state index contributed by atoms with van der Waals surface area (Å²) >= 11 is 0. The quantitative estimate of drug-likeness (QED) is 0.694. The number of unbranched alkanes of at least 4 members (excludes halogenated alkanes) is 1. The Bertz CT molecular complexity index is 705. The minimum absolute atomic E-state index is 0.0481. The molecule has 1 aliphatic carbocycles. The molecule has 1 aliphatic heterocycles. The zero-order chi connectivity index (χ0) is 20.1. The summed E-state index contributed by atoms with van der Waals surface area (Å²) in [6.07, 6.45) is 5.76. The predicted molar refractivity (Wildman–Crippen MR) is 107 cm³/mol. The molecule has 0 unspecified atom stereocenters. The third-order valence-electron chi connectivity index (χ3n) is 5.85. The van der Waals surface area contributed by atoms with E-state index in [1.165, 1.54) is 18.9 Å². The lowest BCUT2D eigenvalue weighted by atomic mass is 9.88. The first-order valence-corrected chi connectivity index (χ1v) is 10.6. The van der Waals surface area contributed by atoms with Crippen LogP contribution in [0.1, 0.15) is 62.6 Å². The van der Waals surface area contributed by atoms with Gasteiger partial charge < -0.3 is 15.5 Å². The third-order valence-corrected chi connectivity index (χ3v) is 5.85. The van der Waals surface area contributed by atoms with E-state index in [4.69, 9.17) is 0 Å². The Morgan fingerprint density at radius 1 is 1.18 bits per heavy atom. The molecule has 1 aromatic carbocycles. The van der Waals surface area contributed by atoms with Crippen molar-refractivity contribution in [1.29, 1.82) is 0 Å². The maximum absolute atomic E-state index is 13.7. The number of nitrogens with zero attached hydrogens (tertiary/aromatic N) is 1. The van der Waals surface area contributed by atoms with Crippen molar-refractivity contribution in [2.24, 2.45) is 11.8 Å². The van der Waals surface area contributed by atoms with E-state index >= 15 is 0 Å². The van der Waals surface area contributed by atoms with E-state index in [2.05, 4.69) is 17.6 Å². The molecular weight excluding hydrogens is 357 g/mol. The average molecular weight is 390 g/mol. The summed E-state index contributed by atoms with van der Waals surface area (Å²) in [4.78, 5) is 27.2. The zero-order valence-corrected chi connectivity index (χ0v) is 17.0. The molecule has 2 fully saturated rings. The molecule has 3 rings (SSSR count). The number of aryl methyl sites for hydroxylation is 1. The van der Waals surface area contributed by atoms with Crippen LogP contribution in [0.2, 0.25) is 0 Å². The number of amides is 3. The number of nitrogens with one attached hydrogen (secondary N) is 2. The molecule has 0 spiro atoms. The van der Waals surface area contributed by atoms with Crippen LogP contribution in [0.15, 0.2) is 18.2 Å². The first-order chi connectivity index (χ1) is 13.5. The number of rotatable bonds is 7. The second kappa shape index (κ2) is 9.39. The van der Waals surface area contributed by atoms with Gasteiger partial charge in [0.25, 0.3) is 0 Å². The lowest BCUT2D eigenvalue weighted by molar-refractivity contribution is -0.126. The third kappa shape index (κ3) is 5.24. The van der Waals surface area contributed by atoms with Gasteiger partial charge in [0.05, 0.1) is 12.0 Å². The van der Waals surface area contributed by atoms with Gasteiger partial charge in [0.15, 0.2) is 0 Å². The smallest absolute Gasteiger partial charge is 0.317 e. The Labute approximate surface area is 167 Å². The highest BCUT2D eigenvalue weighted by Gasteiger charge is 2.36. The van der Waals surface area contributed by atoms with Gasteiger partial charge in [-0.15, -0.1) is 0 Å². The molecule has 1 aromatic rings. The second-order valence-corrected chi connectivity index (χ2v) is 8.23. The second-order valence-electron chi connectivity index (χ2n) is 8.23. The highest BCUT2D eigenvalue weighted by Crippen LogP contribution is 2.34. The van der Waals surface area contributed by atoms with E-state index in [9.17, 15) is 14.0 Å². The molecule has 0 bridgehead atoms. The van der Waals surface area contributed by atoms with Crippen LogP contribution in [0, 0.1) is 24.6 Å². The fourth-order valence-corrected chi connectivity index (χ4v) is 3.82. The van der Waals surface area contributed by atoms with Crippen LogP contribution in [0.25, 0.3) is 0 Å². The van der Waals surface area contributed by atoms with Crippen molar-refractivity contribution in [1.82, 2.24) is 15.5 Å². The number of benzene rings is 1. The van der Waals surface area contributed by atoms with Gasteiger partial charge in [-0.3, -0.25) is 4.79 Å².